The van der Waals surface area contributed by atoms with Crippen molar-refractivity contribution in [3.8, 4) is 0 Å². The standard InChI is InChI=1S/C11H14S/c1-8-10-6-4-3-5-7-11(10)9(2)12-8/h3-6H2,1-2H3. The van der Waals surface area contributed by atoms with E-state index in [4.69, 9.17) is 0 Å². The second kappa shape index (κ2) is 3.21. The quantitative estimate of drug-likeness (QED) is 0.533. The molecule has 0 N–H and O–H groups in total. The predicted octanol–water partition coefficient (Wildman–Crippen LogP) is 3.52. The van der Waals surface area contributed by atoms with Crippen LogP contribution in [0, 0.1) is 20.3 Å². The molecular formula is C11H14S. The van der Waals surface area contributed by atoms with Crippen LogP contribution in [0.2, 0.25) is 0 Å². The zero-order valence-electron chi connectivity index (χ0n) is 7.74. The van der Waals surface area contributed by atoms with Crippen LogP contribution in [-0.2, 0) is 6.42 Å². The van der Waals surface area contributed by atoms with E-state index in [-0.39, 0.29) is 0 Å². The number of aryl methyl sites for hydroxylation is 2. The van der Waals surface area contributed by atoms with Crippen molar-refractivity contribution >= 4 is 11.3 Å². The fourth-order valence-corrected chi connectivity index (χ4v) is 2.99. The Bertz CT molecular complexity index is 257. The first-order chi connectivity index (χ1) is 5.79. The summed E-state index contributed by atoms with van der Waals surface area (Å²) in [6.07, 6.45) is 8.62. The lowest BCUT2D eigenvalue weighted by molar-refractivity contribution is 0.754. The summed E-state index contributed by atoms with van der Waals surface area (Å²) in [5.41, 5.74) is 3.02. The molecule has 2 radical (unpaired) electrons. The van der Waals surface area contributed by atoms with Gasteiger partial charge >= 0.3 is 0 Å². The van der Waals surface area contributed by atoms with E-state index in [0.717, 1.165) is 6.42 Å². The second-order valence-corrected chi connectivity index (χ2v) is 4.88. The largest absolute Gasteiger partial charge is 0.145 e. The highest BCUT2D eigenvalue weighted by molar-refractivity contribution is 7.12. The molecule has 0 fully saturated rings. The van der Waals surface area contributed by atoms with E-state index in [2.05, 4.69) is 20.3 Å². The molecule has 0 nitrogen and oxygen atoms in total. The molecule has 1 heterocycles. The van der Waals surface area contributed by atoms with Crippen LogP contribution < -0.4 is 0 Å². The van der Waals surface area contributed by atoms with Crippen LogP contribution in [0.3, 0.4) is 0 Å². The summed E-state index contributed by atoms with van der Waals surface area (Å²) in [4.78, 5) is 2.97. The average molecular weight is 178 g/mol. The number of hydrogen-bond acceptors (Lipinski definition) is 1. The van der Waals surface area contributed by atoms with Crippen molar-refractivity contribution in [2.45, 2.75) is 39.5 Å². The van der Waals surface area contributed by atoms with E-state index in [1.54, 1.807) is 5.56 Å². The topological polar surface area (TPSA) is 0 Å². The van der Waals surface area contributed by atoms with Gasteiger partial charge in [0.2, 0.25) is 0 Å². The Labute approximate surface area is 78.6 Å². The minimum absolute atomic E-state index is 1.16. The third-order valence-corrected chi connectivity index (χ3v) is 3.60. The molecule has 1 aliphatic rings. The Morgan fingerprint density at radius 2 is 2.00 bits per heavy atom. The summed E-state index contributed by atoms with van der Waals surface area (Å²) in [5, 5.41) is 0. The number of fused-ring (bicyclic) bond motifs is 1. The van der Waals surface area contributed by atoms with Crippen LogP contribution >= 0.6 is 11.3 Å². The van der Waals surface area contributed by atoms with Gasteiger partial charge in [-0.05, 0) is 44.2 Å². The Morgan fingerprint density at radius 1 is 1.17 bits per heavy atom. The van der Waals surface area contributed by atoms with E-state index in [0.29, 0.717) is 0 Å². The first kappa shape index (κ1) is 8.31. The maximum atomic E-state index is 3.52. The SMILES string of the molecule is Cc1sc(C)c2c1[C]CCCC2. The molecule has 0 aliphatic heterocycles. The lowest BCUT2D eigenvalue weighted by atomic mass is 10.0. The highest BCUT2D eigenvalue weighted by Crippen LogP contribution is 2.33. The van der Waals surface area contributed by atoms with Crippen molar-refractivity contribution in [3.63, 3.8) is 0 Å². The van der Waals surface area contributed by atoms with Gasteiger partial charge in [-0.1, -0.05) is 6.42 Å². The van der Waals surface area contributed by atoms with Gasteiger partial charge in [0.25, 0.3) is 0 Å². The number of rotatable bonds is 0. The Morgan fingerprint density at radius 3 is 2.83 bits per heavy atom. The molecule has 0 amide bonds. The molecule has 12 heavy (non-hydrogen) atoms. The molecule has 1 aromatic heterocycles. The van der Waals surface area contributed by atoms with Crippen molar-refractivity contribution in [1.82, 2.24) is 0 Å². The highest BCUT2D eigenvalue weighted by Gasteiger charge is 2.15. The minimum Gasteiger partial charge on any atom is -0.145 e. The number of thiophene rings is 1. The zero-order valence-corrected chi connectivity index (χ0v) is 8.55. The molecule has 1 aromatic rings. The van der Waals surface area contributed by atoms with Crippen molar-refractivity contribution < 1.29 is 0 Å². The van der Waals surface area contributed by atoms with Gasteiger partial charge in [0.1, 0.15) is 0 Å². The highest BCUT2D eigenvalue weighted by atomic mass is 32.1. The fourth-order valence-electron chi connectivity index (χ4n) is 1.90. The monoisotopic (exact) mass is 178 g/mol. The van der Waals surface area contributed by atoms with Gasteiger partial charge in [-0.2, -0.15) is 0 Å². The van der Waals surface area contributed by atoms with Crippen LogP contribution in [-0.4, -0.2) is 0 Å². The second-order valence-electron chi connectivity index (χ2n) is 3.45. The third-order valence-electron chi connectivity index (χ3n) is 2.54. The van der Waals surface area contributed by atoms with Gasteiger partial charge in [-0.3, -0.25) is 0 Å². The molecule has 0 bridgehead atoms. The molecule has 64 valence electrons. The lowest BCUT2D eigenvalue weighted by Gasteiger charge is -1.98. The smallest absolute Gasteiger partial charge is 0.0179 e. The maximum absolute atomic E-state index is 3.52. The van der Waals surface area contributed by atoms with Crippen LogP contribution in [0.15, 0.2) is 0 Å². The predicted molar refractivity (Wildman–Crippen MR) is 53.7 cm³/mol. The van der Waals surface area contributed by atoms with Gasteiger partial charge < -0.3 is 0 Å². The van der Waals surface area contributed by atoms with Gasteiger partial charge in [-0.15, -0.1) is 11.3 Å². The third kappa shape index (κ3) is 1.31. The molecule has 0 saturated heterocycles. The maximum Gasteiger partial charge on any atom is 0.0179 e. The molecule has 0 spiro atoms. The average Bonchev–Trinajstić information content (AvgIpc) is 2.29. The fraction of sp³-hybridized carbons (Fsp3) is 0.545. The van der Waals surface area contributed by atoms with Crippen LogP contribution in [0.1, 0.15) is 40.1 Å². The zero-order chi connectivity index (χ0) is 8.55. The summed E-state index contributed by atoms with van der Waals surface area (Å²) in [6.45, 7) is 4.46. The van der Waals surface area contributed by atoms with Crippen molar-refractivity contribution in [2.24, 2.45) is 0 Å². The first-order valence-corrected chi connectivity index (χ1v) is 5.43. The van der Waals surface area contributed by atoms with Gasteiger partial charge in [0, 0.05) is 16.2 Å². The van der Waals surface area contributed by atoms with E-state index >= 15 is 0 Å². The lowest BCUT2D eigenvalue weighted by Crippen LogP contribution is -1.86. The molecule has 1 aliphatic carbocycles. The van der Waals surface area contributed by atoms with E-state index in [1.807, 2.05) is 11.3 Å². The molecule has 0 unspecified atom stereocenters. The van der Waals surface area contributed by atoms with Crippen LogP contribution in [0.4, 0.5) is 0 Å². The van der Waals surface area contributed by atoms with Crippen molar-refractivity contribution in [3.05, 3.63) is 27.3 Å². The number of hydrogen-bond donors (Lipinski definition) is 0. The van der Waals surface area contributed by atoms with Gasteiger partial charge in [0.15, 0.2) is 0 Å². The minimum atomic E-state index is 1.16. The molecule has 0 saturated carbocycles. The molecule has 0 aromatic carbocycles. The van der Waals surface area contributed by atoms with E-state index < -0.39 is 0 Å². The van der Waals surface area contributed by atoms with Crippen LogP contribution in [0.5, 0.6) is 0 Å². The Hall–Kier alpha value is -0.300. The van der Waals surface area contributed by atoms with Crippen LogP contribution in [0.25, 0.3) is 0 Å². The van der Waals surface area contributed by atoms with Gasteiger partial charge in [-0.25, -0.2) is 0 Å². The molecule has 2 rings (SSSR count). The molecular weight excluding hydrogens is 164 g/mol. The summed E-state index contributed by atoms with van der Waals surface area (Å²) >= 11 is 1.93. The van der Waals surface area contributed by atoms with Crippen molar-refractivity contribution in [2.75, 3.05) is 0 Å². The molecule has 0 atom stereocenters. The summed E-state index contributed by atoms with van der Waals surface area (Å²) < 4.78 is 0. The Kier molecular flexibility index (Phi) is 2.22. The summed E-state index contributed by atoms with van der Waals surface area (Å²) in [5.74, 6) is 0. The molecule has 1 heteroatoms. The summed E-state index contributed by atoms with van der Waals surface area (Å²) in [6, 6.07) is 0. The van der Waals surface area contributed by atoms with E-state index in [9.17, 15) is 0 Å². The first-order valence-electron chi connectivity index (χ1n) is 4.62. The normalized spacial score (nSPS) is 17.2. The van der Waals surface area contributed by atoms with Crippen molar-refractivity contribution in [1.29, 1.82) is 0 Å². The van der Waals surface area contributed by atoms with Gasteiger partial charge in [0.05, 0.1) is 0 Å². The summed E-state index contributed by atoms with van der Waals surface area (Å²) in [7, 11) is 0. The van der Waals surface area contributed by atoms with E-state index in [1.165, 1.54) is 34.6 Å². The Balaban J connectivity index is 2.44.